The minimum atomic E-state index is -0.855. The largest absolute Gasteiger partial charge is 0.481 e. The summed E-state index contributed by atoms with van der Waals surface area (Å²) in [6.07, 6.45) is 0.0774. The molecule has 3 atom stereocenters. The maximum atomic E-state index is 10.3. The molecule has 1 rings (SSSR count). The van der Waals surface area contributed by atoms with Gasteiger partial charge in [0.15, 0.2) is 0 Å². The van der Waals surface area contributed by atoms with Gasteiger partial charge in [-0.1, -0.05) is 0 Å². The number of hydrogen-bond acceptors (Lipinski definition) is 3. The molecule has 0 heterocycles. The van der Waals surface area contributed by atoms with E-state index in [4.69, 9.17) is 15.9 Å². The number of hydrogen-bond donors (Lipinski definition) is 3. The fourth-order valence-corrected chi connectivity index (χ4v) is 1.25. The van der Waals surface area contributed by atoms with Crippen LogP contribution in [0.4, 0.5) is 0 Å². The molecule has 58 valence electrons. The van der Waals surface area contributed by atoms with Crippen LogP contribution in [0.1, 0.15) is 12.8 Å². The van der Waals surface area contributed by atoms with E-state index in [1.807, 2.05) is 0 Å². The predicted molar refractivity (Wildman–Crippen MR) is 34.3 cm³/mol. The Balaban J connectivity index is 2.49. The third-order valence-electron chi connectivity index (χ3n) is 1.93. The van der Waals surface area contributed by atoms with Crippen molar-refractivity contribution in [1.82, 2.24) is 0 Å². The third-order valence-corrected chi connectivity index (χ3v) is 1.93. The summed E-state index contributed by atoms with van der Waals surface area (Å²) in [6, 6.07) is -0.346. The van der Waals surface area contributed by atoms with E-state index in [2.05, 4.69) is 0 Å². The lowest BCUT2D eigenvalue weighted by Crippen LogP contribution is -2.28. The van der Waals surface area contributed by atoms with Crippen molar-refractivity contribution in [2.75, 3.05) is 0 Å². The summed E-state index contributed by atoms with van der Waals surface area (Å²) in [6.45, 7) is 0. The molecule has 0 aliphatic heterocycles. The maximum Gasteiger partial charge on any atom is 0.306 e. The first kappa shape index (κ1) is 7.50. The summed E-state index contributed by atoms with van der Waals surface area (Å²) >= 11 is 0. The normalized spacial score (nSPS) is 40.0. The van der Waals surface area contributed by atoms with Crippen molar-refractivity contribution in [2.24, 2.45) is 11.7 Å². The first-order chi connectivity index (χ1) is 4.61. The molecule has 1 fully saturated rings. The molecule has 0 unspecified atom stereocenters. The van der Waals surface area contributed by atoms with Gasteiger partial charge in [-0.15, -0.1) is 0 Å². The number of carboxylic acids is 1. The molecule has 1 saturated carbocycles. The molecule has 0 aromatic rings. The molecule has 1 aliphatic carbocycles. The maximum absolute atomic E-state index is 10.3. The minimum absolute atomic E-state index is 0.302. The second-order valence-corrected chi connectivity index (χ2v) is 2.74. The third kappa shape index (κ3) is 1.27. The van der Waals surface area contributed by atoms with Gasteiger partial charge in [-0.25, -0.2) is 0 Å². The van der Waals surface area contributed by atoms with E-state index in [-0.39, 0.29) is 6.04 Å². The zero-order valence-corrected chi connectivity index (χ0v) is 5.53. The molecular formula is C6H11NO3. The molecule has 0 spiro atoms. The zero-order valence-electron chi connectivity index (χ0n) is 5.53. The van der Waals surface area contributed by atoms with Gasteiger partial charge in [-0.2, -0.15) is 0 Å². The van der Waals surface area contributed by atoms with E-state index >= 15 is 0 Å². The van der Waals surface area contributed by atoms with Crippen LogP contribution in [0.2, 0.25) is 0 Å². The van der Waals surface area contributed by atoms with Gasteiger partial charge in [0.05, 0.1) is 12.0 Å². The van der Waals surface area contributed by atoms with Crippen molar-refractivity contribution < 1.29 is 15.0 Å². The number of nitrogens with two attached hydrogens (primary N) is 1. The minimum Gasteiger partial charge on any atom is -0.481 e. The highest BCUT2D eigenvalue weighted by Gasteiger charge is 2.34. The molecule has 0 amide bonds. The molecule has 0 radical (unpaired) electrons. The molecule has 0 aromatic heterocycles. The molecule has 1 aliphatic rings. The van der Waals surface area contributed by atoms with Gasteiger partial charge >= 0.3 is 5.97 Å². The number of aliphatic hydroxyl groups excluding tert-OH is 1. The molecule has 0 aromatic carbocycles. The lowest BCUT2D eigenvalue weighted by Gasteiger charge is -2.04. The summed E-state index contributed by atoms with van der Waals surface area (Å²) in [7, 11) is 0. The van der Waals surface area contributed by atoms with Gasteiger partial charge in [0.1, 0.15) is 0 Å². The van der Waals surface area contributed by atoms with Crippen LogP contribution in [0.5, 0.6) is 0 Å². The van der Waals surface area contributed by atoms with E-state index in [0.29, 0.717) is 12.8 Å². The number of carboxylic acid groups (broad SMARTS) is 1. The fourth-order valence-electron chi connectivity index (χ4n) is 1.25. The van der Waals surface area contributed by atoms with Crippen molar-refractivity contribution >= 4 is 5.97 Å². The number of aliphatic carboxylic acids is 1. The van der Waals surface area contributed by atoms with Crippen LogP contribution in [0.15, 0.2) is 0 Å². The Morgan fingerprint density at radius 1 is 1.50 bits per heavy atom. The average Bonchev–Trinajstić information content (AvgIpc) is 2.13. The Morgan fingerprint density at radius 2 is 2.10 bits per heavy atom. The highest BCUT2D eigenvalue weighted by molar-refractivity contribution is 5.70. The van der Waals surface area contributed by atoms with Crippen molar-refractivity contribution in [1.29, 1.82) is 0 Å². The predicted octanol–water partition coefficient (Wildman–Crippen LogP) is -0.831. The van der Waals surface area contributed by atoms with Gasteiger partial charge < -0.3 is 15.9 Å². The van der Waals surface area contributed by atoms with Crippen LogP contribution in [0, 0.1) is 5.92 Å². The summed E-state index contributed by atoms with van der Waals surface area (Å²) in [5.74, 6) is -1.29. The van der Waals surface area contributed by atoms with E-state index in [1.165, 1.54) is 0 Å². The van der Waals surface area contributed by atoms with E-state index in [9.17, 15) is 4.79 Å². The molecule has 4 heteroatoms. The van der Waals surface area contributed by atoms with Crippen molar-refractivity contribution in [3.8, 4) is 0 Å². The highest BCUT2D eigenvalue weighted by Crippen LogP contribution is 2.24. The number of rotatable bonds is 1. The van der Waals surface area contributed by atoms with Crippen molar-refractivity contribution in [3.05, 3.63) is 0 Å². The van der Waals surface area contributed by atoms with Gasteiger partial charge in [-0.05, 0) is 12.8 Å². The van der Waals surface area contributed by atoms with Crippen LogP contribution < -0.4 is 5.73 Å². The number of carbonyl (C=O) groups is 1. The molecular weight excluding hydrogens is 134 g/mol. The van der Waals surface area contributed by atoms with Crippen molar-refractivity contribution in [2.45, 2.75) is 25.0 Å². The topological polar surface area (TPSA) is 83.6 Å². The smallest absolute Gasteiger partial charge is 0.306 e. The van der Waals surface area contributed by atoms with E-state index in [0.717, 1.165) is 0 Å². The molecule has 4 nitrogen and oxygen atoms in total. The Labute approximate surface area is 58.6 Å². The fraction of sp³-hybridized carbons (Fsp3) is 0.833. The lowest BCUT2D eigenvalue weighted by atomic mass is 10.1. The van der Waals surface area contributed by atoms with Crippen LogP contribution in [0.25, 0.3) is 0 Å². The average molecular weight is 145 g/mol. The van der Waals surface area contributed by atoms with Gasteiger partial charge in [0, 0.05) is 6.04 Å². The Bertz CT molecular complexity index is 138. The summed E-state index contributed by atoms with van der Waals surface area (Å²) in [5.41, 5.74) is 5.39. The lowest BCUT2D eigenvalue weighted by molar-refractivity contribution is -0.141. The number of aliphatic hydroxyl groups is 1. The van der Waals surface area contributed by atoms with Crippen LogP contribution in [0.3, 0.4) is 0 Å². The second-order valence-electron chi connectivity index (χ2n) is 2.74. The Morgan fingerprint density at radius 3 is 2.30 bits per heavy atom. The van der Waals surface area contributed by atoms with Crippen LogP contribution >= 0.6 is 0 Å². The Kier molecular flexibility index (Phi) is 1.92. The van der Waals surface area contributed by atoms with Crippen LogP contribution in [-0.4, -0.2) is 28.3 Å². The second kappa shape index (κ2) is 2.56. The van der Waals surface area contributed by atoms with Crippen LogP contribution in [-0.2, 0) is 4.79 Å². The highest BCUT2D eigenvalue weighted by atomic mass is 16.4. The quantitative estimate of drug-likeness (QED) is 0.449. The monoisotopic (exact) mass is 145 g/mol. The SMILES string of the molecule is N[C@H]1C[C@H](C(=O)O)C[C@@H]1O. The Hall–Kier alpha value is -0.610. The molecule has 0 saturated heterocycles. The van der Waals surface area contributed by atoms with Gasteiger partial charge in [0.2, 0.25) is 0 Å². The van der Waals surface area contributed by atoms with E-state index in [1.54, 1.807) is 0 Å². The summed E-state index contributed by atoms with van der Waals surface area (Å²) in [5, 5.41) is 17.5. The standard InChI is InChI=1S/C6H11NO3/c7-4-1-3(6(9)10)2-5(4)8/h3-5,8H,1-2,7H2,(H,9,10)/t3-,4-,5-/m0/s1. The van der Waals surface area contributed by atoms with Crippen molar-refractivity contribution in [3.63, 3.8) is 0 Å². The summed E-state index contributed by atoms with van der Waals surface area (Å²) in [4.78, 5) is 10.3. The van der Waals surface area contributed by atoms with Gasteiger partial charge in [-0.3, -0.25) is 4.79 Å². The first-order valence-corrected chi connectivity index (χ1v) is 3.27. The van der Waals surface area contributed by atoms with E-state index < -0.39 is 18.0 Å². The van der Waals surface area contributed by atoms with Gasteiger partial charge in [0.25, 0.3) is 0 Å². The first-order valence-electron chi connectivity index (χ1n) is 3.27. The zero-order chi connectivity index (χ0) is 7.72. The molecule has 4 N–H and O–H groups in total. The summed E-state index contributed by atoms with van der Waals surface area (Å²) < 4.78 is 0. The molecule has 10 heavy (non-hydrogen) atoms. The molecule has 0 bridgehead atoms.